The van der Waals surface area contributed by atoms with Gasteiger partial charge in [0.2, 0.25) is 11.8 Å². The number of rotatable bonds is 8. The van der Waals surface area contributed by atoms with Crippen LogP contribution < -0.4 is 10.2 Å². The fourth-order valence-electron chi connectivity index (χ4n) is 4.43. The van der Waals surface area contributed by atoms with Gasteiger partial charge in [-0.3, -0.25) is 14.5 Å². The van der Waals surface area contributed by atoms with Gasteiger partial charge in [0.05, 0.1) is 18.3 Å². The topological polar surface area (TPSA) is 93.3 Å². The molecular weight excluding hydrogens is 466 g/mol. The first-order valence-corrected chi connectivity index (χ1v) is 12.0. The van der Waals surface area contributed by atoms with E-state index in [1.807, 2.05) is 86.6 Å². The molecule has 5 aromatic rings. The summed E-state index contributed by atoms with van der Waals surface area (Å²) in [4.78, 5) is 29.5. The number of aromatic nitrogens is 3. The number of aryl methyl sites for hydroxylation is 2. The van der Waals surface area contributed by atoms with Crippen molar-refractivity contribution >= 4 is 28.5 Å². The lowest BCUT2D eigenvalue weighted by Gasteiger charge is -2.32. The molecule has 0 unspecified atom stereocenters. The van der Waals surface area contributed by atoms with Gasteiger partial charge in [-0.2, -0.15) is 0 Å². The van der Waals surface area contributed by atoms with Crippen molar-refractivity contribution < 1.29 is 14.0 Å². The third kappa shape index (κ3) is 5.13. The number of fused-ring (bicyclic) bond motifs is 1. The van der Waals surface area contributed by atoms with E-state index >= 15 is 0 Å². The first kappa shape index (κ1) is 24.0. The summed E-state index contributed by atoms with van der Waals surface area (Å²) < 4.78 is 6.96. The molecule has 3 aromatic carbocycles. The van der Waals surface area contributed by atoms with Crippen molar-refractivity contribution in [3.05, 3.63) is 114 Å². The zero-order valence-electron chi connectivity index (χ0n) is 20.7. The highest BCUT2D eigenvalue weighted by atomic mass is 16.3. The zero-order chi connectivity index (χ0) is 25.8. The summed E-state index contributed by atoms with van der Waals surface area (Å²) in [5.74, 6) is 0.0195. The van der Waals surface area contributed by atoms with Crippen LogP contribution in [0, 0.1) is 13.8 Å². The number of hydrogen-bond acceptors (Lipinski definition) is 5. The van der Waals surface area contributed by atoms with Crippen LogP contribution in [0.5, 0.6) is 0 Å². The van der Waals surface area contributed by atoms with E-state index in [-0.39, 0.29) is 24.9 Å². The van der Waals surface area contributed by atoms with Gasteiger partial charge in [0.15, 0.2) is 0 Å². The predicted molar refractivity (Wildman–Crippen MR) is 141 cm³/mol. The Kier molecular flexibility index (Phi) is 6.81. The van der Waals surface area contributed by atoms with Crippen LogP contribution in [0.4, 0.5) is 5.69 Å². The standard InChI is InChI=1S/C29H27N5O3/c1-20-9-7-11-22(17-20)34(27(35)19-33-26-15-6-5-14-25(26)31-32-33)28(24-13-4-3-10-21(24)2)29(36)30-18-23-12-8-16-37-23/h3-17,28H,18-19H2,1-2H3,(H,30,36)/t28-/m0/s1. The van der Waals surface area contributed by atoms with E-state index in [2.05, 4.69) is 15.6 Å². The third-order valence-corrected chi connectivity index (χ3v) is 6.26. The van der Waals surface area contributed by atoms with Gasteiger partial charge < -0.3 is 9.73 Å². The largest absolute Gasteiger partial charge is 0.467 e. The number of nitrogens with zero attached hydrogens (tertiary/aromatic N) is 4. The summed E-state index contributed by atoms with van der Waals surface area (Å²) in [6.07, 6.45) is 1.56. The molecule has 0 aliphatic carbocycles. The van der Waals surface area contributed by atoms with Crippen LogP contribution in [0.15, 0.2) is 95.6 Å². The number of para-hydroxylation sites is 1. The number of carbonyl (C=O) groups excluding carboxylic acids is 2. The van der Waals surface area contributed by atoms with E-state index in [0.29, 0.717) is 17.0 Å². The molecule has 0 saturated heterocycles. The van der Waals surface area contributed by atoms with Crippen molar-refractivity contribution in [3.63, 3.8) is 0 Å². The van der Waals surface area contributed by atoms with Crippen molar-refractivity contribution in [2.45, 2.75) is 33.0 Å². The third-order valence-electron chi connectivity index (χ3n) is 6.26. The molecular formula is C29H27N5O3. The molecule has 186 valence electrons. The molecule has 0 bridgehead atoms. The molecule has 8 heteroatoms. The number of amides is 2. The summed E-state index contributed by atoms with van der Waals surface area (Å²) in [7, 11) is 0. The molecule has 0 radical (unpaired) electrons. The van der Waals surface area contributed by atoms with Crippen LogP contribution in [0.25, 0.3) is 11.0 Å². The molecule has 1 atom stereocenters. The molecule has 2 amide bonds. The number of benzene rings is 3. The van der Waals surface area contributed by atoms with E-state index in [0.717, 1.165) is 22.2 Å². The molecule has 2 heterocycles. The van der Waals surface area contributed by atoms with Crippen molar-refractivity contribution in [1.29, 1.82) is 0 Å². The maximum Gasteiger partial charge on any atom is 0.249 e. The van der Waals surface area contributed by atoms with Gasteiger partial charge in [-0.25, -0.2) is 4.68 Å². The van der Waals surface area contributed by atoms with E-state index < -0.39 is 6.04 Å². The van der Waals surface area contributed by atoms with Gasteiger partial charge in [-0.15, -0.1) is 5.10 Å². The molecule has 0 aliphatic rings. The fraction of sp³-hybridized carbons (Fsp3) is 0.172. The highest BCUT2D eigenvalue weighted by molar-refractivity contribution is 6.01. The molecule has 0 saturated carbocycles. The molecule has 0 aliphatic heterocycles. The minimum atomic E-state index is -0.916. The first-order chi connectivity index (χ1) is 18.0. The van der Waals surface area contributed by atoms with Crippen LogP contribution in [-0.2, 0) is 22.7 Å². The lowest BCUT2D eigenvalue weighted by Crippen LogP contribution is -2.45. The number of carbonyl (C=O) groups is 2. The predicted octanol–water partition coefficient (Wildman–Crippen LogP) is 4.73. The Hall–Kier alpha value is -4.72. The van der Waals surface area contributed by atoms with Crippen LogP contribution in [0.3, 0.4) is 0 Å². The SMILES string of the molecule is Cc1cccc(N(C(=O)Cn2nnc3ccccc32)[C@H](C(=O)NCc2ccco2)c2ccccc2C)c1. The highest BCUT2D eigenvalue weighted by Gasteiger charge is 2.34. The van der Waals surface area contributed by atoms with Crippen LogP contribution >= 0.6 is 0 Å². The zero-order valence-corrected chi connectivity index (χ0v) is 20.7. The Morgan fingerprint density at radius 1 is 0.973 bits per heavy atom. The lowest BCUT2D eigenvalue weighted by molar-refractivity contribution is -0.127. The summed E-state index contributed by atoms with van der Waals surface area (Å²) in [6, 6.07) is 25.3. The second kappa shape index (κ2) is 10.5. The smallest absolute Gasteiger partial charge is 0.249 e. The maximum atomic E-state index is 14.1. The van der Waals surface area contributed by atoms with Gasteiger partial charge in [-0.1, -0.05) is 53.7 Å². The highest BCUT2D eigenvalue weighted by Crippen LogP contribution is 2.31. The molecule has 2 aromatic heterocycles. The number of hydrogen-bond donors (Lipinski definition) is 1. The molecule has 5 rings (SSSR count). The molecule has 1 N–H and O–H groups in total. The Balaban J connectivity index is 1.57. The first-order valence-electron chi connectivity index (χ1n) is 12.0. The van der Waals surface area contributed by atoms with Crippen molar-refractivity contribution in [3.8, 4) is 0 Å². The molecule has 8 nitrogen and oxygen atoms in total. The Labute approximate surface area is 214 Å². The normalized spacial score (nSPS) is 11.8. The van der Waals surface area contributed by atoms with Crippen LogP contribution in [0.1, 0.15) is 28.5 Å². The number of furan rings is 1. The molecule has 0 fully saturated rings. The van der Waals surface area contributed by atoms with Gasteiger partial charge >= 0.3 is 0 Å². The van der Waals surface area contributed by atoms with Crippen molar-refractivity contribution in [2.24, 2.45) is 0 Å². The van der Waals surface area contributed by atoms with Crippen LogP contribution in [-0.4, -0.2) is 26.8 Å². The van der Waals surface area contributed by atoms with Crippen molar-refractivity contribution in [2.75, 3.05) is 4.90 Å². The molecule has 0 spiro atoms. The average molecular weight is 494 g/mol. The number of nitrogens with one attached hydrogen (secondary N) is 1. The molecule has 37 heavy (non-hydrogen) atoms. The Bertz CT molecular complexity index is 1540. The second-order valence-corrected chi connectivity index (χ2v) is 8.89. The minimum absolute atomic E-state index is 0.0811. The quantitative estimate of drug-likeness (QED) is 0.337. The van der Waals surface area contributed by atoms with Gasteiger partial charge in [0.25, 0.3) is 0 Å². The second-order valence-electron chi connectivity index (χ2n) is 8.89. The average Bonchev–Trinajstić information content (AvgIpc) is 3.57. The summed E-state index contributed by atoms with van der Waals surface area (Å²) >= 11 is 0. The van der Waals surface area contributed by atoms with Crippen molar-refractivity contribution in [1.82, 2.24) is 20.3 Å². The fourth-order valence-corrected chi connectivity index (χ4v) is 4.43. The van der Waals surface area contributed by atoms with E-state index in [9.17, 15) is 9.59 Å². The van der Waals surface area contributed by atoms with Gasteiger partial charge in [0, 0.05) is 5.69 Å². The Morgan fingerprint density at radius 3 is 2.57 bits per heavy atom. The van der Waals surface area contributed by atoms with Gasteiger partial charge in [-0.05, 0) is 66.9 Å². The summed E-state index contributed by atoms with van der Waals surface area (Å²) in [6.45, 7) is 4.02. The monoisotopic (exact) mass is 493 g/mol. The summed E-state index contributed by atoms with van der Waals surface area (Å²) in [5, 5.41) is 11.3. The minimum Gasteiger partial charge on any atom is -0.467 e. The van der Waals surface area contributed by atoms with E-state index in [1.54, 1.807) is 28.0 Å². The lowest BCUT2D eigenvalue weighted by atomic mass is 9.98. The summed E-state index contributed by atoms with van der Waals surface area (Å²) in [5.41, 5.74) is 4.67. The van der Waals surface area contributed by atoms with Gasteiger partial charge in [0.1, 0.15) is 23.9 Å². The Morgan fingerprint density at radius 2 is 1.78 bits per heavy atom. The van der Waals surface area contributed by atoms with E-state index in [4.69, 9.17) is 4.42 Å². The van der Waals surface area contributed by atoms with Crippen LogP contribution in [0.2, 0.25) is 0 Å². The number of anilines is 1. The van der Waals surface area contributed by atoms with E-state index in [1.165, 1.54) is 0 Å². The maximum absolute atomic E-state index is 14.1.